The molecule has 0 atom stereocenters. The fraction of sp³-hybridized carbons (Fsp3) is 0.355. The zero-order chi connectivity index (χ0) is 26.2. The summed E-state index contributed by atoms with van der Waals surface area (Å²) in [4.78, 5) is 0. The predicted molar refractivity (Wildman–Crippen MR) is 140 cm³/mol. The van der Waals surface area contributed by atoms with Crippen LogP contribution >= 0.6 is 0 Å². The minimum Gasteiger partial charge on any atom is -0.490 e. The molecule has 1 heterocycles. The Morgan fingerprint density at radius 2 is 1.59 bits per heavy atom. The third kappa shape index (κ3) is 6.62. The molecule has 37 heavy (non-hydrogen) atoms. The minimum atomic E-state index is -0.991. The van der Waals surface area contributed by atoms with E-state index < -0.39 is 11.6 Å². The van der Waals surface area contributed by atoms with Crippen LogP contribution in [0.3, 0.4) is 0 Å². The molecule has 3 aromatic carbocycles. The van der Waals surface area contributed by atoms with Gasteiger partial charge in [-0.2, -0.15) is 4.39 Å². The molecule has 3 nitrogen and oxygen atoms in total. The van der Waals surface area contributed by atoms with Gasteiger partial charge in [0.05, 0.1) is 19.8 Å². The summed E-state index contributed by atoms with van der Waals surface area (Å²) in [5.41, 5.74) is 2.70. The first-order chi connectivity index (χ1) is 18.0. The number of hydrogen-bond donors (Lipinski definition) is 0. The predicted octanol–water partition coefficient (Wildman–Crippen LogP) is 8.43. The van der Waals surface area contributed by atoms with E-state index >= 15 is 4.39 Å². The lowest BCUT2D eigenvalue weighted by Gasteiger charge is -2.29. The zero-order valence-corrected chi connectivity index (χ0v) is 21.3. The number of rotatable bonds is 10. The molecular weight excluding hydrogens is 477 g/mol. The van der Waals surface area contributed by atoms with Gasteiger partial charge in [-0.1, -0.05) is 61.9 Å². The Balaban J connectivity index is 1.43. The van der Waals surface area contributed by atoms with Crippen LogP contribution in [-0.4, -0.2) is 26.1 Å². The highest BCUT2D eigenvalue weighted by Crippen LogP contribution is 2.33. The van der Waals surface area contributed by atoms with Crippen LogP contribution in [0.2, 0.25) is 0 Å². The molecule has 1 fully saturated rings. The van der Waals surface area contributed by atoms with E-state index in [1.807, 2.05) is 26.0 Å². The van der Waals surface area contributed by atoms with Gasteiger partial charge in [0.15, 0.2) is 17.9 Å². The molecular formula is C31H33F3O3. The second-order valence-electron chi connectivity index (χ2n) is 9.19. The van der Waals surface area contributed by atoms with Crippen LogP contribution in [0.5, 0.6) is 5.75 Å². The standard InChI is InChI=1S/C31H33F3O3/c1-3-5-7-8-29-36-19-24(20-37-29)25-14-13-23(18-27(25)32)21-9-11-22(12-10-21)26-15-16-28(31(34)30(26)33)35-17-6-4-2/h3,5,9-16,18,24,29H,4,6-8,17,19-20H2,1-2H3. The van der Waals surface area contributed by atoms with E-state index in [-0.39, 0.29) is 29.3 Å². The SMILES string of the molecule is CC=CCCC1OCC(c2ccc(-c3ccc(-c4ccc(OCCCC)c(F)c4F)cc3)cc2F)CO1. The van der Waals surface area contributed by atoms with Crippen molar-refractivity contribution in [3.05, 3.63) is 89.8 Å². The van der Waals surface area contributed by atoms with Crippen molar-refractivity contribution in [2.45, 2.75) is 51.7 Å². The van der Waals surface area contributed by atoms with E-state index in [2.05, 4.69) is 6.08 Å². The average molecular weight is 511 g/mol. The van der Waals surface area contributed by atoms with E-state index in [9.17, 15) is 8.78 Å². The van der Waals surface area contributed by atoms with Crippen LogP contribution in [0.15, 0.2) is 66.7 Å². The molecule has 0 aromatic heterocycles. The number of unbranched alkanes of at least 4 members (excludes halogenated alkanes) is 1. The van der Waals surface area contributed by atoms with Crippen LogP contribution in [0, 0.1) is 17.5 Å². The fourth-order valence-corrected chi connectivity index (χ4v) is 4.36. The zero-order valence-electron chi connectivity index (χ0n) is 21.3. The Morgan fingerprint density at radius 1 is 0.892 bits per heavy atom. The third-order valence-corrected chi connectivity index (χ3v) is 6.54. The van der Waals surface area contributed by atoms with Crippen LogP contribution < -0.4 is 4.74 Å². The molecule has 1 aliphatic heterocycles. The van der Waals surface area contributed by atoms with Gasteiger partial charge in [0.1, 0.15) is 5.82 Å². The second kappa shape index (κ2) is 12.9. The third-order valence-electron chi connectivity index (χ3n) is 6.54. The van der Waals surface area contributed by atoms with Gasteiger partial charge in [-0.05, 0) is 60.2 Å². The molecule has 0 unspecified atom stereocenters. The molecule has 1 saturated heterocycles. The number of hydrogen-bond acceptors (Lipinski definition) is 3. The molecule has 4 rings (SSSR count). The van der Waals surface area contributed by atoms with Crippen molar-refractivity contribution in [3.8, 4) is 28.0 Å². The average Bonchev–Trinajstić information content (AvgIpc) is 2.92. The highest BCUT2D eigenvalue weighted by Gasteiger charge is 2.25. The molecule has 0 amide bonds. The summed E-state index contributed by atoms with van der Waals surface area (Å²) in [6.07, 6.45) is 7.15. The van der Waals surface area contributed by atoms with E-state index in [0.29, 0.717) is 36.5 Å². The molecule has 1 aliphatic rings. The maximum absolute atomic E-state index is 15.0. The van der Waals surface area contributed by atoms with Gasteiger partial charge in [0.2, 0.25) is 5.82 Å². The summed E-state index contributed by atoms with van der Waals surface area (Å²) in [6.45, 7) is 5.14. The molecule has 0 bridgehead atoms. The largest absolute Gasteiger partial charge is 0.490 e. The molecule has 0 spiro atoms. The molecule has 0 saturated carbocycles. The summed E-state index contributed by atoms with van der Waals surface area (Å²) in [6, 6.07) is 15.0. The van der Waals surface area contributed by atoms with Crippen molar-refractivity contribution in [1.82, 2.24) is 0 Å². The van der Waals surface area contributed by atoms with Gasteiger partial charge < -0.3 is 14.2 Å². The van der Waals surface area contributed by atoms with Crippen molar-refractivity contribution in [2.24, 2.45) is 0 Å². The van der Waals surface area contributed by atoms with Crippen molar-refractivity contribution in [3.63, 3.8) is 0 Å². The summed E-state index contributed by atoms with van der Waals surface area (Å²) < 4.78 is 61.1. The second-order valence-corrected chi connectivity index (χ2v) is 9.19. The van der Waals surface area contributed by atoms with E-state index in [0.717, 1.165) is 31.2 Å². The van der Waals surface area contributed by atoms with Gasteiger partial charge in [0.25, 0.3) is 0 Å². The van der Waals surface area contributed by atoms with Crippen LogP contribution in [0.1, 0.15) is 51.0 Å². The van der Waals surface area contributed by atoms with Crippen LogP contribution in [-0.2, 0) is 9.47 Å². The van der Waals surface area contributed by atoms with Gasteiger partial charge >= 0.3 is 0 Å². The monoisotopic (exact) mass is 510 g/mol. The maximum Gasteiger partial charge on any atom is 0.201 e. The first-order valence-electron chi connectivity index (χ1n) is 12.9. The van der Waals surface area contributed by atoms with Gasteiger partial charge in [0, 0.05) is 17.9 Å². The normalized spacial score (nSPS) is 17.9. The molecule has 0 radical (unpaired) electrons. The lowest BCUT2D eigenvalue weighted by atomic mass is 9.95. The Hall–Kier alpha value is -3.09. The minimum absolute atomic E-state index is 0.0835. The summed E-state index contributed by atoms with van der Waals surface area (Å²) in [7, 11) is 0. The van der Waals surface area contributed by atoms with Crippen LogP contribution in [0.25, 0.3) is 22.3 Å². The van der Waals surface area contributed by atoms with Crippen molar-refractivity contribution < 1.29 is 27.4 Å². The van der Waals surface area contributed by atoms with Crippen molar-refractivity contribution in [2.75, 3.05) is 19.8 Å². The van der Waals surface area contributed by atoms with E-state index in [4.69, 9.17) is 14.2 Å². The number of ether oxygens (including phenoxy) is 3. The Kier molecular flexibility index (Phi) is 9.42. The first-order valence-corrected chi connectivity index (χ1v) is 12.9. The van der Waals surface area contributed by atoms with E-state index in [1.165, 1.54) is 18.2 Å². The van der Waals surface area contributed by atoms with Crippen molar-refractivity contribution in [1.29, 1.82) is 0 Å². The number of allylic oxidation sites excluding steroid dienone is 2. The van der Waals surface area contributed by atoms with Gasteiger partial charge in [-0.15, -0.1) is 0 Å². The smallest absolute Gasteiger partial charge is 0.201 e. The number of halogens is 3. The summed E-state index contributed by atoms with van der Waals surface area (Å²) in [5.74, 6) is -2.51. The molecule has 196 valence electrons. The highest BCUT2D eigenvalue weighted by atomic mass is 19.2. The van der Waals surface area contributed by atoms with Gasteiger partial charge in [-0.25, -0.2) is 8.78 Å². The molecule has 6 heteroatoms. The highest BCUT2D eigenvalue weighted by molar-refractivity contribution is 5.71. The topological polar surface area (TPSA) is 27.7 Å². The Morgan fingerprint density at radius 3 is 2.27 bits per heavy atom. The summed E-state index contributed by atoms with van der Waals surface area (Å²) in [5, 5.41) is 0. The fourth-order valence-electron chi connectivity index (χ4n) is 4.36. The molecule has 3 aromatic rings. The quantitative estimate of drug-likeness (QED) is 0.202. The lowest BCUT2D eigenvalue weighted by molar-refractivity contribution is -0.189. The van der Waals surface area contributed by atoms with Crippen molar-refractivity contribution >= 4 is 0 Å². The van der Waals surface area contributed by atoms with E-state index in [1.54, 1.807) is 30.3 Å². The van der Waals surface area contributed by atoms with Gasteiger partial charge in [-0.3, -0.25) is 0 Å². The molecule has 0 aliphatic carbocycles. The Bertz CT molecular complexity index is 1200. The summed E-state index contributed by atoms with van der Waals surface area (Å²) >= 11 is 0. The first kappa shape index (κ1) is 27.0. The maximum atomic E-state index is 15.0. The lowest BCUT2D eigenvalue weighted by Crippen LogP contribution is -2.31. The molecule has 0 N–H and O–H groups in total. The van der Waals surface area contributed by atoms with Crippen LogP contribution in [0.4, 0.5) is 13.2 Å². The number of benzene rings is 3. The Labute approximate surface area is 216 Å².